The van der Waals surface area contributed by atoms with Crippen LogP contribution < -0.4 is 0 Å². The van der Waals surface area contributed by atoms with Crippen molar-refractivity contribution in [2.75, 3.05) is 0 Å². The van der Waals surface area contributed by atoms with Crippen LogP contribution in [0.5, 0.6) is 0 Å². The van der Waals surface area contributed by atoms with Crippen LogP contribution in [-0.4, -0.2) is 18.0 Å². The smallest absolute Gasteiger partial charge is 0.180 e. The van der Waals surface area contributed by atoms with Crippen LogP contribution in [0.4, 0.5) is 0 Å². The van der Waals surface area contributed by atoms with Crippen molar-refractivity contribution in [1.29, 1.82) is 0 Å². The van der Waals surface area contributed by atoms with E-state index in [4.69, 9.17) is 4.74 Å². The van der Waals surface area contributed by atoms with Crippen LogP contribution in [0.3, 0.4) is 0 Å². The van der Waals surface area contributed by atoms with Gasteiger partial charge in [-0.05, 0) is 13.8 Å². The zero-order valence-corrected chi connectivity index (χ0v) is 5.51. The van der Waals surface area contributed by atoms with E-state index >= 15 is 0 Å². The fraction of sp³-hybridized carbons (Fsp3) is 0.833. The molecule has 1 rings (SSSR count). The second-order valence-electron chi connectivity index (χ2n) is 2.21. The van der Waals surface area contributed by atoms with Crippen molar-refractivity contribution in [2.45, 2.75) is 32.9 Å². The maximum atomic E-state index is 5.22. The molecule has 0 radical (unpaired) electrons. The normalized spacial score (nSPS) is 36.6. The first kappa shape index (κ1) is 5.60. The monoisotopic (exact) mass is 113 g/mol. The molecule has 0 fully saturated rings. The van der Waals surface area contributed by atoms with E-state index in [0.717, 1.165) is 5.90 Å². The van der Waals surface area contributed by atoms with Crippen LogP contribution in [0.1, 0.15) is 20.8 Å². The minimum absolute atomic E-state index is 0.287. The lowest BCUT2D eigenvalue weighted by atomic mass is 10.2. The summed E-state index contributed by atoms with van der Waals surface area (Å²) in [4.78, 5) is 4.16. The number of hydrogen-bond acceptors (Lipinski definition) is 2. The molecule has 2 heteroatoms. The molecule has 8 heavy (non-hydrogen) atoms. The average Bonchev–Trinajstić information content (AvgIpc) is 1.85. The zero-order chi connectivity index (χ0) is 6.15. The third kappa shape index (κ3) is 0.831. The maximum Gasteiger partial charge on any atom is 0.180 e. The van der Waals surface area contributed by atoms with Gasteiger partial charge in [-0.25, -0.2) is 4.99 Å². The third-order valence-corrected chi connectivity index (χ3v) is 1.42. The van der Waals surface area contributed by atoms with Crippen LogP contribution >= 0.6 is 0 Å². The van der Waals surface area contributed by atoms with Crippen molar-refractivity contribution >= 4 is 5.90 Å². The molecule has 0 bridgehead atoms. The molecule has 0 aromatic heterocycles. The molecule has 2 atom stereocenters. The second-order valence-corrected chi connectivity index (χ2v) is 2.21. The molecule has 0 unspecified atom stereocenters. The summed E-state index contributed by atoms with van der Waals surface area (Å²) in [7, 11) is 0. The predicted octanol–water partition coefficient (Wildman–Crippen LogP) is 1.21. The van der Waals surface area contributed by atoms with Gasteiger partial charge in [0.2, 0.25) is 0 Å². The van der Waals surface area contributed by atoms with Crippen molar-refractivity contribution in [3.05, 3.63) is 0 Å². The molecule has 0 saturated heterocycles. The van der Waals surface area contributed by atoms with Crippen molar-refractivity contribution in [2.24, 2.45) is 4.99 Å². The van der Waals surface area contributed by atoms with E-state index in [2.05, 4.69) is 11.9 Å². The van der Waals surface area contributed by atoms with E-state index < -0.39 is 0 Å². The van der Waals surface area contributed by atoms with Gasteiger partial charge in [0.1, 0.15) is 6.10 Å². The Hall–Kier alpha value is -0.530. The minimum atomic E-state index is 0.287. The molecule has 0 N–H and O–H groups in total. The summed E-state index contributed by atoms with van der Waals surface area (Å²) in [5.41, 5.74) is 0. The van der Waals surface area contributed by atoms with E-state index in [9.17, 15) is 0 Å². The molecule has 0 aromatic carbocycles. The van der Waals surface area contributed by atoms with Gasteiger partial charge in [0, 0.05) is 6.92 Å². The summed E-state index contributed by atoms with van der Waals surface area (Å²) in [6, 6.07) is 0.356. The first-order valence-electron chi connectivity index (χ1n) is 2.91. The SMILES string of the molecule is CC1=N[C@@H](C)[C@@H](C)O1. The van der Waals surface area contributed by atoms with Gasteiger partial charge in [0.15, 0.2) is 5.90 Å². The van der Waals surface area contributed by atoms with Gasteiger partial charge in [-0.15, -0.1) is 0 Å². The van der Waals surface area contributed by atoms with Crippen LogP contribution in [0.2, 0.25) is 0 Å². The highest BCUT2D eigenvalue weighted by atomic mass is 16.5. The van der Waals surface area contributed by atoms with Gasteiger partial charge >= 0.3 is 0 Å². The Morgan fingerprint density at radius 1 is 1.50 bits per heavy atom. The standard InChI is InChI=1S/C6H11NO/c1-4-5(2)8-6(3)7-4/h4-5H,1-3H3/t4-,5+/m0/s1. The Kier molecular flexibility index (Phi) is 1.24. The molecule has 0 saturated carbocycles. The largest absolute Gasteiger partial charge is 0.476 e. The van der Waals surface area contributed by atoms with Gasteiger partial charge in [0.05, 0.1) is 6.04 Å². The van der Waals surface area contributed by atoms with E-state index in [1.165, 1.54) is 0 Å². The molecule has 1 aliphatic rings. The minimum Gasteiger partial charge on any atom is -0.476 e. The zero-order valence-electron chi connectivity index (χ0n) is 5.51. The number of ether oxygens (including phenoxy) is 1. The molecule has 0 aromatic rings. The predicted molar refractivity (Wildman–Crippen MR) is 33.1 cm³/mol. The Morgan fingerprint density at radius 2 is 2.12 bits per heavy atom. The van der Waals surface area contributed by atoms with Gasteiger partial charge in [0.25, 0.3) is 0 Å². The topological polar surface area (TPSA) is 21.6 Å². The highest BCUT2D eigenvalue weighted by Gasteiger charge is 2.19. The molecular formula is C6H11NO. The third-order valence-electron chi connectivity index (χ3n) is 1.42. The van der Waals surface area contributed by atoms with E-state index in [-0.39, 0.29) is 6.10 Å². The number of hydrogen-bond donors (Lipinski definition) is 0. The van der Waals surface area contributed by atoms with Crippen LogP contribution in [0.15, 0.2) is 4.99 Å². The first-order chi connectivity index (χ1) is 3.70. The highest BCUT2D eigenvalue weighted by molar-refractivity contribution is 5.75. The molecule has 0 amide bonds. The summed E-state index contributed by atoms with van der Waals surface area (Å²) in [5.74, 6) is 0.824. The molecule has 0 spiro atoms. The summed E-state index contributed by atoms with van der Waals surface area (Å²) in [5, 5.41) is 0. The van der Waals surface area contributed by atoms with Crippen LogP contribution in [0, 0.1) is 0 Å². The van der Waals surface area contributed by atoms with Gasteiger partial charge in [-0.2, -0.15) is 0 Å². The molecule has 46 valence electrons. The maximum absolute atomic E-state index is 5.22. The molecule has 2 nitrogen and oxygen atoms in total. The van der Waals surface area contributed by atoms with Crippen LogP contribution in [-0.2, 0) is 4.74 Å². The summed E-state index contributed by atoms with van der Waals surface area (Å²) < 4.78 is 5.22. The lowest BCUT2D eigenvalue weighted by molar-refractivity contribution is 0.217. The van der Waals surface area contributed by atoms with Gasteiger partial charge in [-0.1, -0.05) is 0 Å². The van der Waals surface area contributed by atoms with E-state index in [1.807, 2.05) is 13.8 Å². The average molecular weight is 113 g/mol. The number of nitrogens with zero attached hydrogens (tertiary/aromatic N) is 1. The number of rotatable bonds is 0. The van der Waals surface area contributed by atoms with Crippen molar-refractivity contribution in [1.82, 2.24) is 0 Å². The molecule has 0 aliphatic carbocycles. The summed E-state index contributed by atoms with van der Waals surface area (Å²) in [6.07, 6.45) is 0.287. The molecule has 1 heterocycles. The van der Waals surface area contributed by atoms with Gasteiger partial charge in [-0.3, -0.25) is 0 Å². The van der Waals surface area contributed by atoms with Crippen molar-refractivity contribution in [3.8, 4) is 0 Å². The molecular weight excluding hydrogens is 102 g/mol. The Balaban J connectivity index is 2.56. The Bertz CT molecular complexity index is 120. The van der Waals surface area contributed by atoms with Crippen molar-refractivity contribution < 1.29 is 4.74 Å². The number of aliphatic imine (C=N–C) groups is 1. The van der Waals surface area contributed by atoms with E-state index in [1.54, 1.807) is 0 Å². The lowest BCUT2D eigenvalue weighted by Gasteiger charge is -2.05. The fourth-order valence-electron chi connectivity index (χ4n) is 0.790. The highest BCUT2D eigenvalue weighted by Crippen LogP contribution is 2.10. The lowest BCUT2D eigenvalue weighted by Crippen LogP contribution is -2.13. The van der Waals surface area contributed by atoms with Crippen LogP contribution in [0.25, 0.3) is 0 Å². The van der Waals surface area contributed by atoms with E-state index in [0.29, 0.717) is 6.04 Å². The molecule has 1 aliphatic heterocycles. The first-order valence-corrected chi connectivity index (χ1v) is 2.91. The Morgan fingerprint density at radius 3 is 2.25 bits per heavy atom. The van der Waals surface area contributed by atoms with Gasteiger partial charge < -0.3 is 4.74 Å². The quantitative estimate of drug-likeness (QED) is 0.462. The summed E-state index contributed by atoms with van der Waals surface area (Å²) in [6.45, 7) is 5.98. The fourth-order valence-corrected chi connectivity index (χ4v) is 0.790. The summed E-state index contributed by atoms with van der Waals surface area (Å²) >= 11 is 0. The van der Waals surface area contributed by atoms with Crippen molar-refractivity contribution in [3.63, 3.8) is 0 Å². The Labute approximate surface area is 49.6 Å². The second kappa shape index (κ2) is 1.77.